The third-order valence-electron chi connectivity index (χ3n) is 3.48. The van der Waals surface area contributed by atoms with Crippen molar-refractivity contribution in [2.75, 3.05) is 0 Å². The zero-order valence-electron chi connectivity index (χ0n) is 10.2. The summed E-state index contributed by atoms with van der Waals surface area (Å²) in [5, 5.41) is 19.1. The second-order valence-electron chi connectivity index (χ2n) is 4.74. The van der Waals surface area contributed by atoms with E-state index in [9.17, 15) is 9.90 Å². The SMILES string of the molecule is CCCCC1=C(O)C(C(=O)O)CCCC1C. The van der Waals surface area contributed by atoms with Crippen LogP contribution in [0.4, 0.5) is 0 Å². The third kappa shape index (κ3) is 3.00. The van der Waals surface area contributed by atoms with Crippen molar-refractivity contribution < 1.29 is 15.0 Å². The standard InChI is InChI=1S/C13H22O3/c1-3-4-7-10-9(2)6-5-8-11(12(10)14)13(15)16/h9,11,14H,3-8H2,1-2H3,(H,15,16). The van der Waals surface area contributed by atoms with Crippen LogP contribution in [0.3, 0.4) is 0 Å². The zero-order chi connectivity index (χ0) is 12.1. The molecule has 2 unspecified atom stereocenters. The van der Waals surface area contributed by atoms with Crippen LogP contribution in [0, 0.1) is 11.8 Å². The Morgan fingerprint density at radius 3 is 2.69 bits per heavy atom. The number of carboxylic acid groups (broad SMARTS) is 1. The molecular weight excluding hydrogens is 204 g/mol. The highest BCUT2D eigenvalue weighted by Crippen LogP contribution is 2.34. The second-order valence-corrected chi connectivity index (χ2v) is 4.74. The number of carbonyl (C=O) groups is 1. The van der Waals surface area contributed by atoms with E-state index in [2.05, 4.69) is 13.8 Å². The van der Waals surface area contributed by atoms with Crippen LogP contribution in [0.15, 0.2) is 11.3 Å². The summed E-state index contributed by atoms with van der Waals surface area (Å²) in [6.45, 7) is 4.19. The molecule has 3 nitrogen and oxygen atoms in total. The lowest BCUT2D eigenvalue weighted by atomic mass is 9.92. The fourth-order valence-electron chi connectivity index (χ4n) is 2.40. The van der Waals surface area contributed by atoms with Gasteiger partial charge in [0.05, 0.1) is 0 Å². The first-order chi connectivity index (χ1) is 7.57. The highest BCUT2D eigenvalue weighted by Gasteiger charge is 2.29. The predicted octanol–water partition coefficient (Wildman–Crippen LogP) is 3.51. The lowest BCUT2D eigenvalue weighted by molar-refractivity contribution is -0.141. The Morgan fingerprint density at radius 2 is 2.12 bits per heavy atom. The molecule has 0 bridgehead atoms. The van der Waals surface area contributed by atoms with E-state index in [-0.39, 0.29) is 5.76 Å². The fourth-order valence-corrected chi connectivity index (χ4v) is 2.40. The van der Waals surface area contributed by atoms with Crippen molar-refractivity contribution in [3.63, 3.8) is 0 Å². The summed E-state index contributed by atoms with van der Waals surface area (Å²) in [5.41, 5.74) is 0.978. The minimum atomic E-state index is -0.888. The molecular formula is C13H22O3. The number of carboxylic acids is 1. The molecule has 0 aromatic heterocycles. The van der Waals surface area contributed by atoms with Gasteiger partial charge >= 0.3 is 5.97 Å². The quantitative estimate of drug-likeness (QED) is 0.771. The number of allylic oxidation sites excluding steroid dienone is 1. The van der Waals surface area contributed by atoms with Crippen LogP contribution >= 0.6 is 0 Å². The minimum absolute atomic E-state index is 0.144. The van der Waals surface area contributed by atoms with Crippen LogP contribution in [-0.4, -0.2) is 16.2 Å². The Labute approximate surface area is 97.2 Å². The van der Waals surface area contributed by atoms with Gasteiger partial charge < -0.3 is 10.2 Å². The van der Waals surface area contributed by atoms with Gasteiger partial charge in [-0.05, 0) is 37.2 Å². The first-order valence-corrected chi connectivity index (χ1v) is 6.22. The van der Waals surface area contributed by atoms with Gasteiger partial charge in [-0.3, -0.25) is 4.79 Å². The van der Waals surface area contributed by atoms with E-state index in [1.54, 1.807) is 0 Å². The molecule has 0 saturated heterocycles. The zero-order valence-corrected chi connectivity index (χ0v) is 10.2. The van der Waals surface area contributed by atoms with Crippen LogP contribution in [-0.2, 0) is 4.79 Å². The maximum Gasteiger partial charge on any atom is 0.314 e. The normalized spacial score (nSPS) is 26.6. The van der Waals surface area contributed by atoms with Crippen LogP contribution in [0.5, 0.6) is 0 Å². The van der Waals surface area contributed by atoms with E-state index in [0.29, 0.717) is 12.3 Å². The van der Waals surface area contributed by atoms with Crippen molar-refractivity contribution >= 4 is 5.97 Å². The van der Waals surface area contributed by atoms with Crippen LogP contribution in [0.25, 0.3) is 0 Å². The average Bonchev–Trinajstić information content (AvgIpc) is 2.36. The number of hydrogen-bond donors (Lipinski definition) is 2. The Morgan fingerprint density at radius 1 is 1.44 bits per heavy atom. The fraction of sp³-hybridized carbons (Fsp3) is 0.769. The molecule has 2 N–H and O–H groups in total. The highest BCUT2D eigenvalue weighted by molar-refractivity contribution is 5.73. The van der Waals surface area contributed by atoms with Gasteiger partial charge in [0.25, 0.3) is 0 Å². The number of hydrogen-bond acceptors (Lipinski definition) is 2. The van der Waals surface area contributed by atoms with Crippen molar-refractivity contribution in [1.29, 1.82) is 0 Å². The van der Waals surface area contributed by atoms with Crippen molar-refractivity contribution in [3.8, 4) is 0 Å². The largest absolute Gasteiger partial charge is 0.511 e. The molecule has 1 aliphatic carbocycles. The summed E-state index contributed by atoms with van der Waals surface area (Å²) in [4.78, 5) is 11.0. The van der Waals surface area contributed by atoms with E-state index in [1.807, 2.05) is 0 Å². The van der Waals surface area contributed by atoms with Crippen LogP contribution < -0.4 is 0 Å². The molecule has 92 valence electrons. The molecule has 0 fully saturated rings. The summed E-state index contributed by atoms with van der Waals surface area (Å²) in [6.07, 6.45) is 5.39. The Balaban J connectivity index is 2.90. The topological polar surface area (TPSA) is 57.5 Å². The van der Waals surface area contributed by atoms with Gasteiger partial charge in [-0.15, -0.1) is 0 Å². The summed E-state index contributed by atoms with van der Waals surface area (Å²) in [6, 6.07) is 0. The summed E-state index contributed by atoms with van der Waals surface area (Å²) in [5.74, 6) is -1.08. The van der Waals surface area contributed by atoms with E-state index in [1.165, 1.54) is 0 Å². The monoisotopic (exact) mass is 226 g/mol. The Hall–Kier alpha value is -0.990. The van der Waals surface area contributed by atoms with E-state index in [4.69, 9.17) is 5.11 Å². The first kappa shape index (κ1) is 13.1. The molecule has 2 atom stereocenters. The van der Waals surface area contributed by atoms with Gasteiger partial charge in [0, 0.05) is 0 Å². The molecule has 3 heteroatoms. The maximum absolute atomic E-state index is 11.0. The average molecular weight is 226 g/mol. The summed E-state index contributed by atoms with van der Waals surface area (Å²) >= 11 is 0. The van der Waals surface area contributed by atoms with E-state index in [0.717, 1.165) is 37.7 Å². The molecule has 0 spiro atoms. The predicted molar refractivity (Wildman–Crippen MR) is 63.3 cm³/mol. The number of rotatable bonds is 4. The Kier molecular flexibility index (Phi) is 4.84. The molecule has 1 rings (SSSR count). The van der Waals surface area contributed by atoms with Gasteiger partial charge in [0.15, 0.2) is 0 Å². The summed E-state index contributed by atoms with van der Waals surface area (Å²) in [7, 11) is 0. The molecule has 0 aromatic rings. The minimum Gasteiger partial charge on any atom is -0.511 e. The lowest BCUT2D eigenvalue weighted by Gasteiger charge is -2.16. The first-order valence-electron chi connectivity index (χ1n) is 6.22. The molecule has 0 radical (unpaired) electrons. The van der Waals surface area contributed by atoms with E-state index < -0.39 is 11.9 Å². The summed E-state index contributed by atoms with van der Waals surface area (Å²) < 4.78 is 0. The Bertz CT molecular complexity index is 281. The molecule has 0 aromatic carbocycles. The maximum atomic E-state index is 11.0. The second kappa shape index (κ2) is 5.92. The smallest absolute Gasteiger partial charge is 0.314 e. The third-order valence-corrected chi connectivity index (χ3v) is 3.48. The van der Waals surface area contributed by atoms with Crippen LogP contribution in [0.2, 0.25) is 0 Å². The molecule has 16 heavy (non-hydrogen) atoms. The van der Waals surface area contributed by atoms with E-state index >= 15 is 0 Å². The number of aliphatic carboxylic acids is 1. The molecule has 0 heterocycles. The van der Waals surface area contributed by atoms with Crippen molar-refractivity contribution in [2.24, 2.45) is 11.8 Å². The number of aliphatic hydroxyl groups excluding tert-OH is 1. The van der Waals surface area contributed by atoms with Crippen LogP contribution in [0.1, 0.15) is 52.4 Å². The molecule has 0 saturated carbocycles. The number of unbranched alkanes of at least 4 members (excludes halogenated alkanes) is 1. The number of aliphatic hydroxyl groups is 1. The van der Waals surface area contributed by atoms with Crippen molar-refractivity contribution in [3.05, 3.63) is 11.3 Å². The molecule has 1 aliphatic rings. The van der Waals surface area contributed by atoms with Gasteiger partial charge in [0.2, 0.25) is 0 Å². The van der Waals surface area contributed by atoms with Gasteiger partial charge in [-0.25, -0.2) is 0 Å². The lowest BCUT2D eigenvalue weighted by Crippen LogP contribution is -2.17. The van der Waals surface area contributed by atoms with Crippen molar-refractivity contribution in [2.45, 2.75) is 52.4 Å². The van der Waals surface area contributed by atoms with Gasteiger partial charge in [0.1, 0.15) is 11.7 Å². The molecule has 0 aliphatic heterocycles. The van der Waals surface area contributed by atoms with Crippen molar-refractivity contribution in [1.82, 2.24) is 0 Å². The highest BCUT2D eigenvalue weighted by atomic mass is 16.4. The van der Waals surface area contributed by atoms with Gasteiger partial charge in [-0.2, -0.15) is 0 Å². The molecule has 0 amide bonds. The van der Waals surface area contributed by atoms with Gasteiger partial charge in [-0.1, -0.05) is 26.7 Å².